The predicted octanol–water partition coefficient (Wildman–Crippen LogP) is 0.642. The molecule has 0 aliphatic carbocycles. The molecule has 0 atom stereocenters. The summed E-state index contributed by atoms with van der Waals surface area (Å²) in [6.45, 7) is 2.73. The lowest BCUT2D eigenvalue weighted by atomic mass is 9.99. The zero-order valence-electron chi connectivity index (χ0n) is 10.4. The first-order valence-electron chi connectivity index (χ1n) is 6.05. The molecule has 1 saturated heterocycles. The number of hydrogen-bond donors (Lipinski definition) is 1. The molecule has 2 rings (SSSR count). The lowest BCUT2D eigenvalue weighted by molar-refractivity contribution is 0.0592. The van der Waals surface area contributed by atoms with Crippen molar-refractivity contribution in [1.82, 2.24) is 15.5 Å². The summed E-state index contributed by atoms with van der Waals surface area (Å²) in [5.74, 6) is 0.516. The average molecular weight is 251 g/mol. The van der Waals surface area contributed by atoms with Crippen molar-refractivity contribution in [3.63, 3.8) is 0 Å². The van der Waals surface area contributed by atoms with E-state index in [1.165, 1.54) is 7.11 Å². The van der Waals surface area contributed by atoms with Crippen LogP contribution in [0.5, 0.6) is 5.88 Å². The molecule has 2 heterocycles. The van der Waals surface area contributed by atoms with Crippen molar-refractivity contribution in [2.75, 3.05) is 26.8 Å². The van der Waals surface area contributed by atoms with Gasteiger partial charge < -0.3 is 14.8 Å². The van der Waals surface area contributed by atoms with Crippen molar-refractivity contribution in [3.8, 4) is 5.88 Å². The van der Waals surface area contributed by atoms with Crippen LogP contribution in [0.15, 0.2) is 12.1 Å². The maximum absolute atomic E-state index is 11.2. The van der Waals surface area contributed by atoms with Crippen molar-refractivity contribution >= 4 is 5.97 Å². The summed E-state index contributed by atoms with van der Waals surface area (Å²) in [6.07, 6.45) is 2.24. The molecule has 1 aromatic heterocycles. The zero-order valence-corrected chi connectivity index (χ0v) is 10.4. The van der Waals surface area contributed by atoms with Crippen molar-refractivity contribution in [2.45, 2.75) is 12.8 Å². The number of carbonyl (C=O) groups is 1. The van der Waals surface area contributed by atoms with Crippen molar-refractivity contribution in [3.05, 3.63) is 17.8 Å². The van der Waals surface area contributed by atoms with Crippen LogP contribution in [0.25, 0.3) is 0 Å². The van der Waals surface area contributed by atoms with Crippen LogP contribution < -0.4 is 10.1 Å². The van der Waals surface area contributed by atoms with Gasteiger partial charge in [0, 0.05) is 6.07 Å². The lowest BCUT2D eigenvalue weighted by Gasteiger charge is -2.22. The van der Waals surface area contributed by atoms with Crippen molar-refractivity contribution in [2.24, 2.45) is 5.92 Å². The fraction of sp³-hybridized carbons (Fsp3) is 0.583. The van der Waals surface area contributed by atoms with E-state index in [-0.39, 0.29) is 5.69 Å². The minimum atomic E-state index is -0.493. The van der Waals surface area contributed by atoms with Gasteiger partial charge in [0.25, 0.3) is 0 Å². The first kappa shape index (κ1) is 12.8. The molecule has 6 nitrogen and oxygen atoms in total. The van der Waals surface area contributed by atoms with Gasteiger partial charge in [-0.2, -0.15) is 0 Å². The summed E-state index contributed by atoms with van der Waals surface area (Å²) >= 11 is 0. The number of methoxy groups -OCH3 is 1. The third-order valence-corrected chi connectivity index (χ3v) is 2.96. The largest absolute Gasteiger partial charge is 0.476 e. The Labute approximate surface area is 106 Å². The number of hydrogen-bond acceptors (Lipinski definition) is 6. The first-order chi connectivity index (χ1) is 8.79. The predicted molar refractivity (Wildman–Crippen MR) is 64.5 cm³/mol. The van der Waals surface area contributed by atoms with Crippen molar-refractivity contribution < 1.29 is 14.3 Å². The third-order valence-electron chi connectivity index (χ3n) is 2.96. The van der Waals surface area contributed by atoms with Crippen LogP contribution in [0.4, 0.5) is 0 Å². The van der Waals surface area contributed by atoms with E-state index in [0.29, 0.717) is 18.4 Å². The fourth-order valence-electron chi connectivity index (χ4n) is 1.86. The highest BCUT2D eigenvalue weighted by Gasteiger charge is 2.14. The number of ether oxygens (including phenoxy) is 2. The monoisotopic (exact) mass is 251 g/mol. The van der Waals surface area contributed by atoms with E-state index in [1.54, 1.807) is 12.1 Å². The standard InChI is InChI=1S/C12H17N3O3/c1-17-12(16)10-2-3-11(15-14-10)18-8-9-4-6-13-7-5-9/h2-3,9,13H,4-8H2,1H3. The molecule has 6 heteroatoms. The summed E-state index contributed by atoms with van der Waals surface area (Å²) in [5, 5.41) is 10.9. The molecule has 1 aliphatic rings. The zero-order chi connectivity index (χ0) is 12.8. The molecule has 1 fully saturated rings. The molecule has 1 aromatic rings. The van der Waals surface area contributed by atoms with Crippen LogP contribution in [0.1, 0.15) is 23.3 Å². The Balaban J connectivity index is 1.84. The fourth-order valence-corrected chi connectivity index (χ4v) is 1.86. The molecule has 1 N–H and O–H groups in total. The molecular formula is C12H17N3O3. The Morgan fingerprint density at radius 2 is 2.17 bits per heavy atom. The summed E-state index contributed by atoms with van der Waals surface area (Å²) in [6, 6.07) is 3.19. The molecular weight excluding hydrogens is 234 g/mol. The van der Waals surface area contributed by atoms with Crippen LogP contribution in [0, 0.1) is 5.92 Å². The van der Waals surface area contributed by atoms with E-state index in [0.717, 1.165) is 25.9 Å². The maximum atomic E-state index is 11.2. The van der Waals surface area contributed by atoms with Gasteiger partial charge in [0.15, 0.2) is 5.69 Å². The topological polar surface area (TPSA) is 73.3 Å². The Morgan fingerprint density at radius 3 is 2.78 bits per heavy atom. The summed E-state index contributed by atoms with van der Waals surface area (Å²) in [7, 11) is 1.31. The molecule has 0 saturated carbocycles. The number of nitrogens with one attached hydrogen (secondary N) is 1. The first-order valence-corrected chi connectivity index (χ1v) is 6.05. The Bertz CT molecular complexity index is 388. The Morgan fingerprint density at radius 1 is 1.39 bits per heavy atom. The highest BCUT2D eigenvalue weighted by Crippen LogP contribution is 2.14. The molecule has 0 amide bonds. The number of aromatic nitrogens is 2. The van der Waals surface area contributed by atoms with Gasteiger partial charge in [-0.3, -0.25) is 0 Å². The maximum Gasteiger partial charge on any atom is 0.358 e. The minimum Gasteiger partial charge on any atom is -0.476 e. The van der Waals surface area contributed by atoms with E-state index in [4.69, 9.17) is 4.74 Å². The second-order valence-corrected chi connectivity index (χ2v) is 4.25. The lowest BCUT2D eigenvalue weighted by Crippen LogP contribution is -2.30. The normalized spacial score (nSPS) is 16.3. The van der Waals surface area contributed by atoms with Gasteiger partial charge in [-0.15, -0.1) is 10.2 Å². The highest BCUT2D eigenvalue weighted by atomic mass is 16.5. The second kappa shape index (κ2) is 6.30. The van der Waals surface area contributed by atoms with Crippen LogP contribution in [0.2, 0.25) is 0 Å². The SMILES string of the molecule is COC(=O)c1ccc(OCC2CCNCC2)nn1. The summed E-state index contributed by atoms with van der Waals surface area (Å²) in [4.78, 5) is 11.2. The van der Waals surface area contributed by atoms with Gasteiger partial charge in [0.2, 0.25) is 5.88 Å². The van der Waals surface area contributed by atoms with E-state index < -0.39 is 5.97 Å². The number of carbonyl (C=O) groups excluding carboxylic acids is 1. The van der Waals surface area contributed by atoms with Crippen molar-refractivity contribution in [1.29, 1.82) is 0 Å². The third kappa shape index (κ3) is 3.40. The van der Waals surface area contributed by atoms with Gasteiger partial charge in [0.05, 0.1) is 13.7 Å². The molecule has 18 heavy (non-hydrogen) atoms. The highest BCUT2D eigenvalue weighted by molar-refractivity contribution is 5.86. The molecule has 1 aliphatic heterocycles. The van der Waals surface area contributed by atoms with Gasteiger partial charge in [-0.25, -0.2) is 4.79 Å². The number of rotatable bonds is 4. The molecule has 0 unspecified atom stereocenters. The average Bonchev–Trinajstić information content (AvgIpc) is 2.46. The molecule has 0 bridgehead atoms. The summed E-state index contributed by atoms with van der Waals surface area (Å²) in [5.41, 5.74) is 0.187. The Kier molecular flexibility index (Phi) is 4.46. The van der Waals surface area contributed by atoms with E-state index in [1.807, 2.05) is 0 Å². The van der Waals surface area contributed by atoms with Gasteiger partial charge in [-0.1, -0.05) is 0 Å². The number of piperidine rings is 1. The van der Waals surface area contributed by atoms with Crippen LogP contribution in [-0.4, -0.2) is 43.0 Å². The van der Waals surface area contributed by atoms with Crippen LogP contribution in [0.3, 0.4) is 0 Å². The smallest absolute Gasteiger partial charge is 0.358 e. The molecule has 98 valence electrons. The summed E-state index contributed by atoms with van der Waals surface area (Å²) < 4.78 is 10.1. The van der Waals surface area contributed by atoms with Gasteiger partial charge >= 0.3 is 5.97 Å². The second-order valence-electron chi connectivity index (χ2n) is 4.25. The van der Waals surface area contributed by atoms with E-state index >= 15 is 0 Å². The molecule has 0 aromatic carbocycles. The Hall–Kier alpha value is -1.69. The number of esters is 1. The van der Waals surface area contributed by atoms with E-state index in [2.05, 4.69) is 20.3 Å². The quantitative estimate of drug-likeness (QED) is 0.792. The molecule has 0 spiro atoms. The van der Waals surface area contributed by atoms with E-state index in [9.17, 15) is 4.79 Å². The van der Waals surface area contributed by atoms with Crippen LogP contribution >= 0.6 is 0 Å². The minimum absolute atomic E-state index is 0.187. The van der Waals surface area contributed by atoms with Crippen LogP contribution in [-0.2, 0) is 4.74 Å². The number of nitrogens with zero attached hydrogens (tertiary/aromatic N) is 2. The van der Waals surface area contributed by atoms with Gasteiger partial charge in [-0.05, 0) is 37.9 Å². The molecule has 0 radical (unpaired) electrons. The van der Waals surface area contributed by atoms with Gasteiger partial charge in [0.1, 0.15) is 0 Å².